The van der Waals surface area contributed by atoms with Crippen molar-refractivity contribution in [2.24, 2.45) is 5.92 Å². The van der Waals surface area contributed by atoms with Crippen LogP contribution in [0.15, 0.2) is 24.3 Å². The van der Waals surface area contributed by atoms with Crippen LogP contribution in [0.25, 0.3) is 0 Å². The van der Waals surface area contributed by atoms with E-state index in [1.54, 1.807) is 7.11 Å². The van der Waals surface area contributed by atoms with Gasteiger partial charge in [-0.15, -0.1) is 0 Å². The van der Waals surface area contributed by atoms with E-state index in [-0.39, 0.29) is 22.2 Å². The minimum atomic E-state index is -0.405. The first kappa shape index (κ1) is 17.2. The highest BCUT2D eigenvalue weighted by molar-refractivity contribution is 7.09. The third-order valence-electron chi connectivity index (χ3n) is 3.98. The number of aromatic nitrogens is 1. The van der Waals surface area contributed by atoms with Gasteiger partial charge in [-0.05, 0) is 48.0 Å². The van der Waals surface area contributed by atoms with Gasteiger partial charge < -0.3 is 21.1 Å². The Morgan fingerprint density at radius 3 is 2.84 bits per heavy atom. The second-order valence-corrected chi connectivity index (χ2v) is 6.73. The Kier molecular flexibility index (Phi) is 5.18. The molecule has 1 aliphatic carbocycles. The minimum absolute atomic E-state index is 0.0875. The maximum atomic E-state index is 12.3. The lowest BCUT2D eigenvalue weighted by Crippen LogP contribution is -2.26. The normalized spacial score (nSPS) is 13.3. The Hall–Kier alpha value is -2.61. The molecule has 0 aliphatic heterocycles. The van der Waals surface area contributed by atoms with E-state index in [4.69, 9.17) is 10.5 Å². The van der Waals surface area contributed by atoms with E-state index in [1.165, 1.54) is 0 Å². The highest BCUT2D eigenvalue weighted by atomic mass is 32.1. The number of carbonyl (C=O) groups is 2. The molecule has 8 heteroatoms. The fourth-order valence-corrected chi connectivity index (χ4v) is 3.03. The zero-order chi connectivity index (χ0) is 17.8. The third-order valence-corrected chi connectivity index (χ3v) is 4.85. The smallest absolute Gasteiger partial charge is 0.273 e. The van der Waals surface area contributed by atoms with Crippen LogP contribution in [0.5, 0.6) is 5.75 Å². The molecule has 1 heterocycles. The van der Waals surface area contributed by atoms with Gasteiger partial charge in [0.2, 0.25) is 0 Å². The fourth-order valence-electron chi connectivity index (χ4n) is 2.31. The first-order valence-electron chi connectivity index (χ1n) is 8.03. The lowest BCUT2D eigenvalue weighted by atomic mass is 10.2. The molecule has 7 nitrogen and oxygen atoms in total. The summed E-state index contributed by atoms with van der Waals surface area (Å²) in [6.45, 7) is 0.962. The fraction of sp³-hybridized carbons (Fsp3) is 0.353. The van der Waals surface area contributed by atoms with Crippen molar-refractivity contribution >= 4 is 29.0 Å². The summed E-state index contributed by atoms with van der Waals surface area (Å²) >= 11 is 0.945. The summed E-state index contributed by atoms with van der Waals surface area (Å²) in [6.07, 6.45) is 2.30. The molecule has 0 bridgehead atoms. The molecule has 2 amide bonds. The van der Waals surface area contributed by atoms with E-state index in [2.05, 4.69) is 15.0 Å². The van der Waals surface area contributed by atoms with Crippen LogP contribution in [0.2, 0.25) is 0 Å². The van der Waals surface area contributed by atoms with Crippen LogP contribution < -0.4 is 21.1 Å². The number of nitrogens with one attached hydrogen (secondary N) is 2. The molecule has 0 saturated heterocycles. The highest BCUT2D eigenvalue weighted by Crippen LogP contribution is 2.28. The van der Waals surface area contributed by atoms with Gasteiger partial charge in [-0.3, -0.25) is 9.59 Å². The van der Waals surface area contributed by atoms with Crippen molar-refractivity contribution in [3.8, 4) is 5.75 Å². The Balaban J connectivity index is 1.60. The monoisotopic (exact) mass is 360 g/mol. The summed E-state index contributed by atoms with van der Waals surface area (Å²) in [5.74, 6) is 0.616. The number of ether oxygens (including phenoxy) is 1. The van der Waals surface area contributed by atoms with E-state index in [1.807, 2.05) is 24.3 Å². The molecule has 0 unspecified atom stereocenters. The molecule has 1 saturated carbocycles. The lowest BCUT2D eigenvalue weighted by molar-refractivity contribution is 0.0947. The molecule has 1 aromatic heterocycles. The lowest BCUT2D eigenvalue weighted by Gasteiger charge is -2.06. The van der Waals surface area contributed by atoms with Crippen LogP contribution in [-0.2, 0) is 6.54 Å². The number of rotatable bonds is 7. The van der Waals surface area contributed by atoms with Crippen LogP contribution in [0.4, 0.5) is 5.69 Å². The molecule has 0 radical (unpaired) electrons. The van der Waals surface area contributed by atoms with Crippen LogP contribution in [0.3, 0.4) is 0 Å². The zero-order valence-electron chi connectivity index (χ0n) is 13.9. The molecular formula is C17H20N4O3S. The second kappa shape index (κ2) is 7.52. The summed E-state index contributed by atoms with van der Waals surface area (Å²) in [6, 6.07) is 7.39. The zero-order valence-corrected chi connectivity index (χ0v) is 14.7. The van der Waals surface area contributed by atoms with Gasteiger partial charge in [0.1, 0.15) is 10.6 Å². The van der Waals surface area contributed by atoms with Gasteiger partial charge >= 0.3 is 0 Å². The Morgan fingerprint density at radius 2 is 2.12 bits per heavy atom. The average molecular weight is 360 g/mol. The molecule has 1 aliphatic rings. The molecule has 132 valence electrons. The van der Waals surface area contributed by atoms with Gasteiger partial charge in [-0.25, -0.2) is 0 Å². The third kappa shape index (κ3) is 4.27. The van der Waals surface area contributed by atoms with Gasteiger partial charge in [0.15, 0.2) is 5.69 Å². The summed E-state index contributed by atoms with van der Waals surface area (Å²) in [7, 11) is 1.59. The van der Waals surface area contributed by atoms with Crippen molar-refractivity contribution < 1.29 is 14.3 Å². The van der Waals surface area contributed by atoms with Crippen LogP contribution in [-0.4, -0.2) is 29.8 Å². The van der Waals surface area contributed by atoms with Crippen molar-refractivity contribution in [1.82, 2.24) is 15.0 Å². The van der Waals surface area contributed by atoms with Crippen molar-refractivity contribution in [2.75, 3.05) is 19.4 Å². The first-order valence-corrected chi connectivity index (χ1v) is 8.80. The van der Waals surface area contributed by atoms with E-state index >= 15 is 0 Å². The van der Waals surface area contributed by atoms with Crippen molar-refractivity contribution in [3.05, 3.63) is 40.4 Å². The number of hydrogen-bond acceptors (Lipinski definition) is 6. The van der Waals surface area contributed by atoms with E-state index in [0.717, 1.165) is 35.7 Å². The Labute approximate surface area is 149 Å². The number of hydrogen-bond donors (Lipinski definition) is 3. The van der Waals surface area contributed by atoms with Crippen LogP contribution in [0, 0.1) is 5.92 Å². The summed E-state index contributed by atoms with van der Waals surface area (Å²) in [4.78, 5) is 24.7. The van der Waals surface area contributed by atoms with Gasteiger partial charge in [0, 0.05) is 13.1 Å². The molecule has 4 N–H and O–H groups in total. The van der Waals surface area contributed by atoms with Gasteiger partial charge in [0.05, 0.1) is 12.8 Å². The predicted molar refractivity (Wildman–Crippen MR) is 95.7 cm³/mol. The van der Waals surface area contributed by atoms with Gasteiger partial charge in [-0.1, -0.05) is 12.1 Å². The molecule has 3 rings (SSSR count). The number of methoxy groups -OCH3 is 1. The molecular weight excluding hydrogens is 340 g/mol. The van der Waals surface area contributed by atoms with Crippen LogP contribution >= 0.6 is 11.5 Å². The topological polar surface area (TPSA) is 106 Å². The Bertz CT molecular complexity index is 786. The maximum Gasteiger partial charge on any atom is 0.273 e. The predicted octanol–water partition coefficient (Wildman–Crippen LogP) is 1.80. The Morgan fingerprint density at radius 1 is 1.32 bits per heavy atom. The quantitative estimate of drug-likeness (QED) is 0.698. The minimum Gasteiger partial charge on any atom is -0.497 e. The molecule has 1 aromatic carbocycles. The van der Waals surface area contributed by atoms with Crippen molar-refractivity contribution in [3.63, 3.8) is 0 Å². The molecule has 0 spiro atoms. The SMILES string of the molecule is COc1cccc(CNC(=O)c2nsc(C(=O)NCC3CC3)c2N)c1. The van der Waals surface area contributed by atoms with E-state index in [9.17, 15) is 9.59 Å². The van der Waals surface area contributed by atoms with Crippen LogP contribution in [0.1, 0.15) is 38.6 Å². The first-order chi connectivity index (χ1) is 12.1. The number of amides is 2. The summed E-state index contributed by atoms with van der Waals surface area (Å²) < 4.78 is 9.20. The average Bonchev–Trinajstić information content (AvgIpc) is 3.38. The molecule has 2 aromatic rings. The highest BCUT2D eigenvalue weighted by Gasteiger charge is 2.25. The number of nitrogens with two attached hydrogens (primary N) is 1. The van der Waals surface area contributed by atoms with E-state index in [0.29, 0.717) is 19.0 Å². The summed E-state index contributed by atoms with van der Waals surface area (Å²) in [5, 5.41) is 5.59. The number of anilines is 1. The second-order valence-electron chi connectivity index (χ2n) is 5.96. The van der Waals surface area contributed by atoms with Crippen molar-refractivity contribution in [1.29, 1.82) is 0 Å². The molecule has 1 fully saturated rings. The maximum absolute atomic E-state index is 12.3. The molecule has 0 atom stereocenters. The number of nitrogen functional groups attached to an aromatic ring is 1. The number of nitrogens with zero attached hydrogens (tertiary/aromatic N) is 1. The molecule has 25 heavy (non-hydrogen) atoms. The van der Waals surface area contributed by atoms with E-state index < -0.39 is 5.91 Å². The van der Waals surface area contributed by atoms with Gasteiger partial charge in [0.25, 0.3) is 11.8 Å². The van der Waals surface area contributed by atoms with Gasteiger partial charge in [-0.2, -0.15) is 4.37 Å². The standard InChI is InChI=1S/C17H20N4O3S/c1-24-12-4-2-3-11(7-12)9-19-16(22)14-13(18)15(25-21-14)17(23)20-8-10-5-6-10/h2-4,7,10H,5-6,8-9,18H2,1H3,(H,19,22)(H,20,23). The largest absolute Gasteiger partial charge is 0.497 e. The summed E-state index contributed by atoms with van der Waals surface area (Å²) in [5.41, 5.74) is 7.05. The number of benzene rings is 1. The van der Waals surface area contributed by atoms with Crippen molar-refractivity contribution in [2.45, 2.75) is 19.4 Å². The number of carbonyl (C=O) groups excluding carboxylic acids is 2.